The minimum atomic E-state index is -4.31. The lowest BCUT2D eigenvalue weighted by molar-refractivity contribution is 0.0976. The van der Waals surface area contributed by atoms with Crippen LogP contribution in [0.25, 0.3) is 0 Å². The molecule has 7 nitrogen and oxygen atoms in total. The number of amides is 1. The molecule has 4 aromatic rings. The Morgan fingerprint density at radius 3 is 2.05 bits per heavy atom. The summed E-state index contributed by atoms with van der Waals surface area (Å²) in [6, 6.07) is 23.5. The first kappa shape index (κ1) is 25.8. The molecule has 3 N–H and O–H groups in total. The molecule has 190 valence electrons. The lowest BCUT2D eigenvalue weighted by atomic mass is 10.2. The van der Waals surface area contributed by atoms with E-state index in [4.69, 9.17) is 15.2 Å². The van der Waals surface area contributed by atoms with Crippen LogP contribution in [0, 0.1) is 11.6 Å². The maximum absolute atomic E-state index is 14.6. The Morgan fingerprint density at radius 2 is 1.41 bits per heavy atom. The Kier molecular flexibility index (Phi) is 7.80. The summed E-state index contributed by atoms with van der Waals surface area (Å²) in [6.07, 6.45) is 0. The normalized spacial score (nSPS) is 11.1. The third-order valence-electron chi connectivity index (χ3n) is 5.28. The van der Waals surface area contributed by atoms with Gasteiger partial charge in [-0.3, -0.25) is 4.79 Å². The predicted molar refractivity (Wildman–Crippen MR) is 133 cm³/mol. The molecule has 4 rings (SSSR count). The van der Waals surface area contributed by atoms with Gasteiger partial charge in [0.05, 0.1) is 10.5 Å². The lowest BCUT2D eigenvalue weighted by Gasteiger charge is -2.12. The van der Waals surface area contributed by atoms with E-state index in [0.29, 0.717) is 22.6 Å². The van der Waals surface area contributed by atoms with Gasteiger partial charge in [0, 0.05) is 6.54 Å². The Labute approximate surface area is 212 Å². The zero-order chi connectivity index (χ0) is 26.4. The van der Waals surface area contributed by atoms with Crippen LogP contribution in [0.3, 0.4) is 0 Å². The monoisotopic (exact) mass is 524 g/mol. The second-order valence-electron chi connectivity index (χ2n) is 7.87. The van der Waals surface area contributed by atoms with Crippen molar-refractivity contribution in [1.82, 2.24) is 4.72 Å². The number of hydrogen-bond donors (Lipinski definition) is 2. The van der Waals surface area contributed by atoms with Crippen molar-refractivity contribution in [3.05, 3.63) is 119 Å². The molecule has 0 spiro atoms. The van der Waals surface area contributed by atoms with Gasteiger partial charge in [-0.1, -0.05) is 42.5 Å². The number of para-hydroxylation sites is 1. The Bertz CT molecular complexity index is 1490. The second-order valence-corrected chi connectivity index (χ2v) is 9.55. The highest BCUT2D eigenvalue weighted by Crippen LogP contribution is 2.25. The van der Waals surface area contributed by atoms with Crippen LogP contribution < -0.4 is 19.9 Å². The molecule has 0 saturated heterocycles. The molecule has 37 heavy (non-hydrogen) atoms. The molecule has 0 fully saturated rings. The third kappa shape index (κ3) is 6.29. The highest BCUT2D eigenvalue weighted by Gasteiger charge is 2.24. The summed E-state index contributed by atoms with van der Waals surface area (Å²) in [4.78, 5) is 12.2. The molecule has 0 saturated carbocycles. The number of benzene rings is 4. The van der Waals surface area contributed by atoms with Gasteiger partial charge in [0.2, 0.25) is 5.82 Å². The zero-order valence-corrected chi connectivity index (χ0v) is 20.2. The van der Waals surface area contributed by atoms with E-state index in [2.05, 4.69) is 0 Å². The minimum Gasteiger partial charge on any atom is -0.486 e. The first-order chi connectivity index (χ1) is 17.8. The lowest BCUT2D eigenvalue weighted by Crippen LogP contribution is -2.31. The molecule has 0 atom stereocenters. The number of nitrogens with two attached hydrogens (primary N) is 1. The number of ether oxygens (including phenoxy) is 2. The van der Waals surface area contributed by atoms with Crippen LogP contribution >= 0.6 is 0 Å². The van der Waals surface area contributed by atoms with Crippen LogP contribution in [0.15, 0.2) is 95.9 Å². The molecule has 0 radical (unpaired) electrons. The fourth-order valence-electron chi connectivity index (χ4n) is 3.30. The Balaban J connectivity index is 1.40. The molecular formula is C27H22F2N2O5S. The van der Waals surface area contributed by atoms with Gasteiger partial charge in [-0.05, 0) is 59.7 Å². The van der Waals surface area contributed by atoms with Crippen LogP contribution in [-0.4, -0.2) is 14.3 Å². The van der Waals surface area contributed by atoms with E-state index in [1.165, 1.54) is 24.3 Å². The molecule has 10 heteroatoms. The quantitative estimate of drug-likeness (QED) is 0.322. The highest BCUT2D eigenvalue weighted by molar-refractivity contribution is 7.90. The largest absolute Gasteiger partial charge is 0.486 e. The summed E-state index contributed by atoms with van der Waals surface area (Å²) in [5, 5.41) is 0. The summed E-state index contributed by atoms with van der Waals surface area (Å²) in [6.45, 7) is 0.125. The van der Waals surface area contributed by atoms with Crippen LogP contribution in [0.1, 0.15) is 21.5 Å². The number of nitrogens with one attached hydrogen (secondary N) is 1. The molecule has 0 bridgehead atoms. The molecule has 0 aliphatic rings. The van der Waals surface area contributed by atoms with Gasteiger partial charge in [0.25, 0.3) is 15.9 Å². The molecule has 0 aromatic heterocycles. The number of halogens is 2. The maximum atomic E-state index is 14.6. The van der Waals surface area contributed by atoms with E-state index >= 15 is 0 Å². The SMILES string of the molecule is NCc1ccc(S(=O)(=O)NC(=O)c2ccc(OCc3ccc(Oc4ccccc4)cc3)c(F)c2F)cc1. The fourth-order valence-corrected chi connectivity index (χ4v) is 4.26. The molecule has 0 heterocycles. The average molecular weight is 525 g/mol. The van der Waals surface area contributed by atoms with E-state index in [0.717, 1.165) is 12.1 Å². The van der Waals surface area contributed by atoms with Gasteiger partial charge in [-0.2, -0.15) is 4.39 Å². The first-order valence-corrected chi connectivity index (χ1v) is 12.5. The molecular weight excluding hydrogens is 502 g/mol. The third-order valence-corrected chi connectivity index (χ3v) is 6.63. The summed E-state index contributed by atoms with van der Waals surface area (Å²) < 4.78 is 67.0. The number of carbonyl (C=O) groups is 1. The fraction of sp³-hybridized carbons (Fsp3) is 0.0741. The van der Waals surface area contributed by atoms with E-state index in [9.17, 15) is 22.0 Å². The van der Waals surface area contributed by atoms with E-state index in [-0.39, 0.29) is 18.0 Å². The smallest absolute Gasteiger partial charge is 0.268 e. The summed E-state index contributed by atoms with van der Waals surface area (Å²) in [7, 11) is -4.31. The van der Waals surface area contributed by atoms with Gasteiger partial charge in [0.15, 0.2) is 11.6 Å². The van der Waals surface area contributed by atoms with Crippen molar-refractivity contribution in [2.45, 2.75) is 18.0 Å². The topological polar surface area (TPSA) is 108 Å². The molecule has 0 aliphatic heterocycles. The summed E-state index contributed by atoms with van der Waals surface area (Å²) in [5.74, 6) is -3.44. The zero-order valence-electron chi connectivity index (χ0n) is 19.4. The van der Waals surface area contributed by atoms with Crippen LogP contribution in [0.2, 0.25) is 0 Å². The minimum absolute atomic E-state index is 0.0826. The van der Waals surface area contributed by atoms with Gasteiger partial charge in [0.1, 0.15) is 18.1 Å². The summed E-state index contributed by atoms with van der Waals surface area (Å²) >= 11 is 0. The van der Waals surface area contributed by atoms with Crippen molar-refractivity contribution in [1.29, 1.82) is 0 Å². The summed E-state index contributed by atoms with van der Waals surface area (Å²) in [5.41, 5.74) is 6.05. The number of carbonyl (C=O) groups excluding carboxylic acids is 1. The van der Waals surface area contributed by atoms with Crippen molar-refractivity contribution in [2.24, 2.45) is 5.73 Å². The van der Waals surface area contributed by atoms with Crippen molar-refractivity contribution >= 4 is 15.9 Å². The highest BCUT2D eigenvalue weighted by atomic mass is 32.2. The van der Waals surface area contributed by atoms with Crippen molar-refractivity contribution in [2.75, 3.05) is 0 Å². The van der Waals surface area contributed by atoms with E-state index in [1.807, 2.05) is 30.3 Å². The Morgan fingerprint density at radius 1 is 0.784 bits per heavy atom. The molecule has 4 aromatic carbocycles. The number of sulfonamides is 1. The van der Waals surface area contributed by atoms with Crippen LogP contribution in [-0.2, 0) is 23.2 Å². The average Bonchev–Trinajstić information content (AvgIpc) is 2.90. The van der Waals surface area contributed by atoms with Crippen molar-refractivity contribution < 1.29 is 31.5 Å². The van der Waals surface area contributed by atoms with Crippen LogP contribution in [0.4, 0.5) is 8.78 Å². The van der Waals surface area contributed by atoms with Gasteiger partial charge in [-0.15, -0.1) is 0 Å². The van der Waals surface area contributed by atoms with Crippen molar-refractivity contribution in [3.63, 3.8) is 0 Å². The van der Waals surface area contributed by atoms with E-state index < -0.39 is 38.9 Å². The van der Waals surface area contributed by atoms with Gasteiger partial charge >= 0.3 is 0 Å². The predicted octanol–water partition coefficient (Wildman–Crippen LogP) is 4.91. The van der Waals surface area contributed by atoms with Crippen LogP contribution in [0.5, 0.6) is 17.2 Å². The van der Waals surface area contributed by atoms with Gasteiger partial charge in [-0.25, -0.2) is 17.5 Å². The maximum Gasteiger partial charge on any atom is 0.268 e. The second kappa shape index (κ2) is 11.2. The number of hydrogen-bond acceptors (Lipinski definition) is 6. The van der Waals surface area contributed by atoms with E-state index in [1.54, 1.807) is 29.0 Å². The molecule has 0 aliphatic carbocycles. The number of rotatable bonds is 9. The molecule has 1 amide bonds. The Hall–Kier alpha value is -4.28. The van der Waals surface area contributed by atoms with Crippen molar-refractivity contribution in [3.8, 4) is 17.2 Å². The standard InChI is InChI=1S/C27H22F2N2O5S/c28-25-23(27(32)31-37(33,34)22-12-8-18(16-30)9-13-22)14-15-24(26(25)29)35-17-19-6-10-21(11-7-19)36-20-4-2-1-3-5-20/h1-15H,16-17,30H2,(H,31,32). The first-order valence-electron chi connectivity index (χ1n) is 11.1. The van der Waals surface area contributed by atoms with Gasteiger partial charge < -0.3 is 15.2 Å². The molecule has 0 unspecified atom stereocenters.